The summed E-state index contributed by atoms with van der Waals surface area (Å²) in [7, 11) is 0. The quantitative estimate of drug-likeness (QED) is 0.780. The first-order valence-corrected chi connectivity index (χ1v) is 9.98. The number of rotatable bonds is 7. The number of piperidine rings is 1. The SMILES string of the molecule is CCOc1ccc(CC(=O)NC2CCN(Cc3ccc(Cl)cc3)CC2)cc1. The van der Waals surface area contributed by atoms with E-state index in [-0.39, 0.29) is 11.9 Å². The largest absolute Gasteiger partial charge is 0.494 e. The molecule has 1 aliphatic rings. The maximum absolute atomic E-state index is 12.3. The van der Waals surface area contributed by atoms with Crippen LogP contribution in [0.15, 0.2) is 48.5 Å². The number of carbonyl (C=O) groups is 1. The molecule has 1 fully saturated rings. The number of nitrogens with zero attached hydrogens (tertiary/aromatic N) is 1. The summed E-state index contributed by atoms with van der Waals surface area (Å²) in [6.45, 7) is 5.54. The summed E-state index contributed by atoms with van der Waals surface area (Å²) in [5, 5.41) is 3.96. The fourth-order valence-electron chi connectivity index (χ4n) is 3.42. The van der Waals surface area contributed by atoms with E-state index in [2.05, 4.69) is 22.3 Å². The van der Waals surface area contributed by atoms with E-state index >= 15 is 0 Å². The fraction of sp³-hybridized carbons (Fsp3) is 0.409. The van der Waals surface area contributed by atoms with Crippen LogP contribution in [0.3, 0.4) is 0 Å². The van der Waals surface area contributed by atoms with Gasteiger partial charge in [0.1, 0.15) is 5.75 Å². The molecule has 0 atom stereocenters. The molecule has 0 radical (unpaired) electrons. The molecule has 1 heterocycles. The molecule has 0 unspecified atom stereocenters. The number of benzene rings is 2. The van der Waals surface area contributed by atoms with Crippen LogP contribution < -0.4 is 10.1 Å². The standard InChI is InChI=1S/C22H27ClN2O2/c1-2-27-21-9-5-17(6-10-21)15-22(26)24-20-11-13-25(14-12-20)16-18-3-7-19(23)8-4-18/h3-10,20H,2,11-16H2,1H3,(H,24,26). The van der Waals surface area contributed by atoms with Crippen molar-refractivity contribution in [1.29, 1.82) is 0 Å². The average Bonchev–Trinajstić information content (AvgIpc) is 2.67. The minimum absolute atomic E-state index is 0.0929. The van der Waals surface area contributed by atoms with E-state index in [0.717, 1.165) is 48.8 Å². The number of hydrogen-bond donors (Lipinski definition) is 1. The summed E-state index contributed by atoms with van der Waals surface area (Å²) < 4.78 is 5.43. The molecule has 144 valence electrons. The molecular formula is C22H27ClN2O2. The zero-order chi connectivity index (χ0) is 19.1. The number of nitrogens with one attached hydrogen (secondary N) is 1. The van der Waals surface area contributed by atoms with Crippen LogP contribution in [0, 0.1) is 0 Å². The van der Waals surface area contributed by atoms with Crippen molar-refractivity contribution in [2.24, 2.45) is 0 Å². The summed E-state index contributed by atoms with van der Waals surface area (Å²) in [6, 6.07) is 16.0. The van der Waals surface area contributed by atoms with Gasteiger partial charge in [0.2, 0.25) is 5.91 Å². The Balaban J connectivity index is 1.40. The predicted octanol–water partition coefficient (Wildman–Crippen LogP) is 4.06. The number of likely N-dealkylation sites (tertiary alicyclic amines) is 1. The first-order chi connectivity index (χ1) is 13.1. The van der Waals surface area contributed by atoms with E-state index in [4.69, 9.17) is 16.3 Å². The molecule has 1 aliphatic heterocycles. The summed E-state index contributed by atoms with van der Waals surface area (Å²) in [5.74, 6) is 0.935. The van der Waals surface area contributed by atoms with Crippen molar-refractivity contribution >= 4 is 17.5 Å². The summed E-state index contributed by atoms with van der Waals surface area (Å²) in [5.41, 5.74) is 2.29. The van der Waals surface area contributed by atoms with Crippen molar-refractivity contribution in [2.75, 3.05) is 19.7 Å². The highest BCUT2D eigenvalue weighted by atomic mass is 35.5. The van der Waals surface area contributed by atoms with Gasteiger partial charge in [-0.2, -0.15) is 0 Å². The van der Waals surface area contributed by atoms with E-state index < -0.39 is 0 Å². The summed E-state index contributed by atoms with van der Waals surface area (Å²) in [6.07, 6.45) is 2.39. The Labute approximate surface area is 166 Å². The van der Waals surface area contributed by atoms with Crippen LogP contribution in [-0.4, -0.2) is 36.5 Å². The van der Waals surface area contributed by atoms with Crippen molar-refractivity contribution in [3.05, 3.63) is 64.7 Å². The van der Waals surface area contributed by atoms with E-state index in [1.165, 1.54) is 5.56 Å². The van der Waals surface area contributed by atoms with Crippen molar-refractivity contribution in [1.82, 2.24) is 10.2 Å². The molecule has 2 aromatic rings. The maximum Gasteiger partial charge on any atom is 0.224 e. The van der Waals surface area contributed by atoms with Crippen LogP contribution >= 0.6 is 11.6 Å². The minimum Gasteiger partial charge on any atom is -0.494 e. The second-order valence-corrected chi connectivity index (χ2v) is 7.43. The third-order valence-corrected chi connectivity index (χ3v) is 5.12. The van der Waals surface area contributed by atoms with Gasteiger partial charge in [0, 0.05) is 30.7 Å². The molecule has 2 aromatic carbocycles. The van der Waals surface area contributed by atoms with Crippen LogP contribution in [0.4, 0.5) is 0 Å². The normalized spacial score (nSPS) is 15.5. The molecule has 1 amide bonds. The van der Waals surface area contributed by atoms with Crippen molar-refractivity contribution in [3.63, 3.8) is 0 Å². The number of ether oxygens (including phenoxy) is 1. The monoisotopic (exact) mass is 386 g/mol. The van der Waals surface area contributed by atoms with Gasteiger partial charge < -0.3 is 10.1 Å². The number of amides is 1. The van der Waals surface area contributed by atoms with Gasteiger partial charge in [0.25, 0.3) is 0 Å². The molecule has 0 saturated carbocycles. The van der Waals surface area contributed by atoms with Gasteiger partial charge in [-0.1, -0.05) is 35.9 Å². The zero-order valence-electron chi connectivity index (χ0n) is 15.8. The lowest BCUT2D eigenvalue weighted by Crippen LogP contribution is -2.44. The van der Waals surface area contributed by atoms with Gasteiger partial charge in [-0.3, -0.25) is 9.69 Å². The molecule has 0 bridgehead atoms. The number of hydrogen-bond acceptors (Lipinski definition) is 3. The van der Waals surface area contributed by atoms with Crippen LogP contribution in [0.5, 0.6) is 5.75 Å². The van der Waals surface area contributed by atoms with E-state index in [9.17, 15) is 4.79 Å². The highest BCUT2D eigenvalue weighted by Gasteiger charge is 2.20. The average molecular weight is 387 g/mol. The van der Waals surface area contributed by atoms with Gasteiger partial charge in [-0.05, 0) is 55.2 Å². The molecule has 0 aliphatic carbocycles. The molecule has 1 saturated heterocycles. The maximum atomic E-state index is 12.3. The first kappa shape index (κ1) is 19.7. The lowest BCUT2D eigenvalue weighted by molar-refractivity contribution is -0.121. The fourth-order valence-corrected chi connectivity index (χ4v) is 3.54. The van der Waals surface area contributed by atoms with Gasteiger partial charge in [0.05, 0.1) is 13.0 Å². The molecule has 0 spiro atoms. The third-order valence-electron chi connectivity index (χ3n) is 4.87. The van der Waals surface area contributed by atoms with Crippen LogP contribution in [0.25, 0.3) is 0 Å². The van der Waals surface area contributed by atoms with E-state index in [0.29, 0.717) is 13.0 Å². The predicted molar refractivity (Wildman–Crippen MR) is 109 cm³/mol. The molecule has 0 aromatic heterocycles. The Morgan fingerprint density at radius 3 is 2.33 bits per heavy atom. The summed E-state index contributed by atoms with van der Waals surface area (Å²) >= 11 is 5.94. The molecule has 4 nitrogen and oxygen atoms in total. The van der Waals surface area contributed by atoms with E-state index in [1.807, 2.05) is 43.3 Å². The second kappa shape index (κ2) is 9.77. The topological polar surface area (TPSA) is 41.6 Å². The van der Waals surface area contributed by atoms with E-state index in [1.54, 1.807) is 0 Å². The molecule has 5 heteroatoms. The molecule has 27 heavy (non-hydrogen) atoms. The Morgan fingerprint density at radius 2 is 1.70 bits per heavy atom. The van der Waals surface area contributed by atoms with Gasteiger partial charge in [-0.25, -0.2) is 0 Å². The molecular weight excluding hydrogens is 360 g/mol. The lowest BCUT2D eigenvalue weighted by atomic mass is 10.0. The van der Waals surface area contributed by atoms with Crippen molar-refractivity contribution < 1.29 is 9.53 Å². The molecule has 3 rings (SSSR count). The highest BCUT2D eigenvalue weighted by Crippen LogP contribution is 2.17. The highest BCUT2D eigenvalue weighted by molar-refractivity contribution is 6.30. The minimum atomic E-state index is 0.0929. The smallest absolute Gasteiger partial charge is 0.224 e. The van der Waals surface area contributed by atoms with Gasteiger partial charge in [0.15, 0.2) is 0 Å². The molecule has 1 N–H and O–H groups in total. The van der Waals surface area contributed by atoms with Crippen LogP contribution in [0.2, 0.25) is 5.02 Å². The Morgan fingerprint density at radius 1 is 1.07 bits per heavy atom. The van der Waals surface area contributed by atoms with Gasteiger partial charge in [-0.15, -0.1) is 0 Å². The first-order valence-electron chi connectivity index (χ1n) is 9.60. The zero-order valence-corrected chi connectivity index (χ0v) is 16.5. The Kier molecular flexibility index (Phi) is 7.13. The lowest BCUT2D eigenvalue weighted by Gasteiger charge is -2.32. The van der Waals surface area contributed by atoms with Crippen molar-refractivity contribution in [2.45, 2.75) is 38.8 Å². The number of halogens is 1. The number of carbonyl (C=O) groups excluding carboxylic acids is 1. The summed E-state index contributed by atoms with van der Waals surface area (Å²) in [4.78, 5) is 14.8. The van der Waals surface area contributed by atoms with Crippen LogP contribution in [0.1, 0.15) is 30.9 Å². The van der Waals surface area contributed by atoms with Crippen molar-refractivity contribution in [3.8, 4) is 5.75 Å². The Bertz CT molecular complexity index is 723. The Hall–Kier alpha value is -2.04. The van der Waals surface area contributed by atoms with Gasteiger partial charge >= 0.3 is 0 Å². The third kappa shape index (κ3) is 6.26. The second-order valence-electron chi connectivity index (χ2n) is 7.00. The van der Waals surface area contributed by atoms with Crippen LogP contribution in [-0.2, 0) is 17.8 Å².